The number of hydrogen-bond acceptors (Lipinski definition) is 5. The third kappa shape index (κ3) is 118. The van der Waals surface area contributed by atoms with Gasteiger partial charge in [0, 0.05) is 20.0 Å². The van der Waals surface area contributed by atoms with Crippen LogP contribution in [0.1, 0.15) is 40.5 Å². The van der Waals surface area contributed by atoms with E-state index in [1.165, 1.54) is 6.92 Å². The van der Waals surface area contributed by atoms with Crippen molar-refractivity contribution in [1.82, 2.24) is 0 Å². The summed E-state index contributed by atoms with van der Waals surface area (Å²) in [5, 5.41) is 38.7. The lowest BCUT2D eigenvalue weighted by atomic mass is 10.4. The molecule has 116 valence electrons. The predicted molar refractivity (Wildman–Crippen MR) is 67.9 cm³/mol. The maximum atomic E-state index is 9.60. The summed E-state index contributed by atoms with van der Waals surface area (Å²) in [6.45, 7) is 6.05. The first-order valence-electron chi connectivity index (χ1n) is 5.49. The van der Waals surface area contributed by atoms with Gasteiger partial charge in [-0.25, -0.2) is 4.79 Å². The Morgan fingerprint density at radius 1 is 1.05 bits per heavy atom. The van der Waals surface area contributed by atoms with E-state index in [1.54, 1.807) is 6.92 Å². The van der Waals surface area contributed by atoms with Crippen LogP contribution in [0.4, 0.5) is 0 Å². The molecule has 0 amide bonds. The van der Waals surface area contributed by atoms with E-state index >= 15 is 0 Å². The maximum Gasteiger partial charge on any atom is 0.332 e. The maximum absolute atomic E-state index is 9.60. The fourth-order valence-corrected chi connectivity index (χ4v) is 0.214. The summed E-state index contributed by atoms with van der Waals surface area (Å²) in [4.78, 5) is 28.0. The second kappa shape index (κ2) is 21.6. The molecule has 0 rings (SSSR count). The van der Waals surface area contributed by atoms with Gasteiger partial charge in [0.15, 0.2) is 0 Å². The van der Waals surface area contributed by atoms with Crippen molar-refractivity contribution in [3.05, 3.63) is 0 Å². The zero-order valence-electron chi connectivity index (χ0n) is 11.7. The van der Waals surface area contributed by atoms with Crippen LogP contribution in [0, 0.1) is 0 Å². The predicted octanol–water partition coefficient (Wildman–Crippen LogP) is 0.412. The van der Waals surface area contributed by atoms with Crippen molar-refractivity contribution in [3.8, 4) is 0 Å². The summed E-state index contributed by atoms with van der Waals surface area (Å²) in [5.74, 6) is -2.73. The average Bonchev–Trinajstić information content (AvgIpc) is 2.17. The van der Waals surface area contributed by atoms with Gasteiger partial charge in [-0.2, -0.15) is 0 Å². The minimum Gasteiger partial charge on any atom is -0.481 e. The highest BCUT2D eigenvalue weighted by molar-refractivity contribution is 5.71. The lowest BCUT2D eigenvalue weighted by molar-refractivity contribution is -0.145. The van der Waals surface area contributed by atoms with E-state index in [-0.39, 0.29) is 6.61 Å². The van der Waals surface area contributed by atoms with Crippen molar-refractivity contribution < 1.29 is 39.9 Å². The largest absolute Gasteiger partial charge is 0.481 e. The first kappa shape index (κ1) is 26.0. The second-order valence-corrected chi connectivity index (χ2v) is 2.99. The van der Waals surface area contributed by atoms with Crippen molar-refractivity contribution in [2.45, 2.75) is 46.6 Å². The Bertz CT molecular complexity index is 221. The molecule has 8 heteroatoms. The van der Waals surface area contributed by atoms with Crippen LogP contribution in [0.5, 0.6) is 0 Å². The number of rotatable bonds is 3. The third-order valence-electron chi connectivity index (χ3n) is 0.821. The minimum absolute atomic E-state index is 0.250. The Morgan fingerprint density at radius 2 is 1.26 bits per heavy atom. The number of carbonyl (C=O) groups is 3. The lowest BCUT2D eigenvalue weighted by Crippen LogP contribution is -2.13. The van der Waals surface area contributed by atoms with E-state index in [4.69, 9.17) is 30.3 Å². The highest BCUT2D eigenvalue weighted by Crippen LogP contribution is 1.82. The van der Waals surface area contributed by atoms with Crippen molar-refractivity contribution in [2.75, 3.05) is 6.61 Å². The van der Waals surface area contributed by atoms with E-state index in [9.17, 15) is 9.59 Å². The van der Waals surface area contributed by atoms with Crippen molar-refractivity contribution >= 4 is 17.9 Å². The van der Waals surface area contributed by atoms with Gasteiger partial charge in [-0.15, -0.1) is 0 Å². The molecule has 5 N–H and O–H groups in total. The molecular weight excluding hydrogens is 260 g/mol. The quantitative estimate of drug-likeness (QED) is 0.499. The van der Waals surface area contributed by atoms with Gasteiger partial charge >= 0.3 is 11.9 Å². The summed E-state index contributed by atoms with van der Waals surface area (Å²) in [6, 6.07) is 0. The topological polar surface area (TPSA) is 152 Å². The summed E-state index contributed by atoms with van der Waals surface area (Å²) in [6.07, 6.45) is -0.208. The monoisotopic (exact) mass is 284 g/mol. The molecule has 0 heterocycles. The van der Waals surface area contributed by atoms with E-state index in [2.05, 4.69) is 0 Å². The molecule has 0 aromatic heterocycles. The number of carboxylic acids is 3. The zero-order valence-corrected chi connectivity index (χ0v) is 11.7. The van der Waals surface area contributed by atoms with E-state index in [0.29, 0.717) is 6.42 Å². The number of hydrogen-bond donors (Lipinski definition) is 5. The Labute approximate surface area is 112 Å². The molecule has 0 aliphatic rings. The molecule has 1 atom stereocenters. The molecule has 0 aromatic rings. The van der Waals surface area contributed by atoms with E-state index in [1.807, 2.05) is 6.92 Å². The summed E-state index contributed by atoms with van der Waals surface area (Å²) < 4.78 is 0. The number of carboxylic acid groups (broad SMARTS) is 3. The Hall–Kier alpha value is -1.67. The normalized spacial score (nSPS) is 9.16. The Balaban J connectivity index is -0.0000000821. The molecule has 0 bridgehead atoms. The molecule has 8 nitrogen and oxygen atoms in total. The van der Waals surface area contributed by atoms with Crippen molar-refractivity contribution in [2.24, 2.45) is 0 Å². The number of aliphatic hydroxyl groups excluding tert-OH is 2. The number of aliphatic carboxylic acids is 3. The van der Waals surface area contributed by atoms with Crippen LogP contribution in [-0.2, 0) is 14.4 Å². The zero-order chi connectivity index (χ0) is 16.4. The molecule has 0 saturated carbocycles. The van der Waals surface area contributed by atoms with Gasteiger partial charge in [-0.3, -0.25) is 9.59 Å². The van der Waals surface area contributed by atoms with Gasteiger partial charge in [0.05, 0.1) is 0 Å². The second-order valence-electron chi connectivity index (χ2n) is 2.99. The summed E-state index contributed by atoms with van der Waals surface area (Å²) >= 11 is 0. The Kier molecular flexibility index (Phi) is 29.6. The third-order valence-corrected chi connectivity index (χ3v) is 0.821. The van der Waals surface area contributed by atoms with Gasteiger partial charge in [0.2, 0.25) is 0 Å². The van der Waals surface area contributed by atoms with Gasteiger partial charge < -0.3 is 25.5 Å². The highest BCUT2D eigenvalue weighted by Gasteiger charge is 2.01. The smallest absolute Gasteiger partial charge is 0.332 e. The molecule has 0 spiro atoms. The summed E-state index contributed by atoms with van der Waals surface area (Å²) in [5.41, 5.74) is 0. The van der Waals surface area contributed by atoms with Crippen molar-refractivity contribution in [3.63, 3.8) is 0 Å². The molecule has 0 radical (unpaired) electrons. The SMILES string of the molecule is CC(=O)O.CC(O)C(=O)O.CCCC(=O)O.CCO. The molecule has 0 aromatic carbocycles. The highest BCUT2D eigenvalue weighted by atomic mass is 16.4. The van der Waals surface area contributed by atoms with E-state index < -0.39 is 24.0 Å². The van der Waals surface area contributed by atoms with Gasteiger partial charge in [0.25, 0.3) is 5.97 Å². The van der Waals surface area contributed by atoms with Crippen LogP contribution in [0.2, 0.25) is 0 Å². The molecular formula is C11H24O8. The van der Waals surface area contributed by atoms with Crippen LogP contribution in [0.3, 0.4) is 0 Å². The van der Waals surface area contributed by atoms with Crippen LogP contribution < -0.4 is 0 Å². The molecule has 1 unspecified atom stereocenters. The first-order chi connectivity index (χ1) is 8.56. The van der Waals surface area contributed by atoms with Crippen molar-refractivity contribution in [1.29, 1.82) is 0 Å². The fraction of sp³-hybridized carbons (Fsp3) is 0.727. The average molecular weight is 284 g/mol. The van der Waals surface area contributed by atoms with Gasteiger partial charge in [0.1, 0.15) is 6.10 Å². The van der Waals surface area contributed by atoms with Gasteiger partial charge in [-0.05, 0) is 20.3 Å². The lowest BCUT2D eigenvalue weighted by Gasteiger charge is -1.89. The number of aliphatic hydroxyl groups is 2. The minimum atomic E-state index is -1.23. The van der Waals surface area contributed by atoms with Crippen LogP contribution in [0.15, 0.2) is 0 Å². The standard InChI is InChI=1S/C4H8O2.C3H6O3.C2H4O2.C2H6O/c1-2-3-4(5)6;1-2(4)3(5)6;1-2(3)4;1-2-3/h2-3H2,1H3,(H,5,6);2,4H,1H3,(H,5,6);1H3,(H,3,4);3H,2H2,1H3. The first-order valence-corrected chi connectivity index (χ1v) is 5.49. The molecule has 0 fully saturated rings. The molecule has 0 saturated heterocycles. The van der Waals surface area contributed by atoms with Gasteiger partial charge in [-0.1, -0.05) is 6.92 Å². The van der Waals surface area contributed by atoms with E-state index in [0.717, 1.165) is 13.3 Å². The van der Waals surface area contributed by atoms with Crippen LogP contribution in [0.25, 0.3) is 0 Å². The molecule has 0 aliphatic heterocycles. The van der Waals surface area contributed by atoms with Crippen LogP contribution in [-0.4, -0.2) is 56.2 Å². The molecule has 0 aliphatic carbocycles. The summed E-state index contributed by atoms with van der Waals surface area (Å²) in [7, 11) is 0. The van der Waals surface area contributed by atoms with Crippen LogP contribution >= 0.6 is 0 Å². The fourth-order valence-electron chi connectivity index (χ4n) is 0.214. The molecule has 19 heavy (non-hydrogen) atoms. The Morgan fingerprint density at radius 3 is 1.26 bits per heavy atom.